The monoisotopic (exact) mass is 539 g/mol. The van der Waals surface area contributed by atoms with Crippen LogP contribution in [0, 0.1) is 5.92 Å². The Morgan fingerprint density at radius 3 is 2.67 bits per heavy atom. The van der Waals surface area contributed by atoms with Crippen LogP contribution in [0.25, 0.3) is 0 Å². The summed E-state index contributed by atoms with van der Waals surface area (Å²) in [5, 5.41) is 15.2. The van der Waals surface area contributed by atoms with E-state index in [1.807, 2.05) is 19.1 Å². The normalized spacial score (nSPS) is 19.2. The van der Waals surface area contributed by atoms with Crippen molar-refractivity contribution in [3.05, 3.63) is 72.7 Å². The Labute approximate surface area is 223 Å². The van der Waals surface area contributed by atoms with Crippen LogP contribution in [0.5, 0.6) is 0 Å². The molecule has 3 N–H and O–H groups in total. The second-order valence-corrected chi connectivity index (χ2v) is 9.04. The molecule has 198 valence electrons. The molecule has 10 heteroatoms. The number of guanidine groups is 1. The highest BCUT2D eigenvalue weighted by atomic mass is 35.5. The van der Waals surface area contributed by atoms with E-state index in [4.69, 9.17) is 23.2 Å². The van der Waals surface area contributed by atoms with E-state index in [9.17, 15) is 14.3 Å². The lowest BCUT2D eigenvalue weighted by Crippen LogP contribution is -2.43. The lowest BCUT2D eigenvalue weighted by atomic mass is 10.0. The van der Waals surface area contributed by atoms with Crippen LogP contribution in [0.1, 0.15) is 33.6 Å². The number of aliphatic hydroxyl groups is 1. The van der Waals surface area contributed by atoms with Gasteiger partial charge in [0.25, 0.3) is 0 Å². The molecular formula is C26H36Cl2FN5O2. The Morgan fingerprint density at radius 2 is 2.08 bits per heavy atom. The van der Waals surface area contributed by atoms with Crippen LogP contribution in [0.4, 0.5) is 4.39 Å². The Kier molecular flexibility index (Phi) is 14.1. The minimum Gasteiger partial charge on any atom is -0.394 e. The molecule has 4 atom stereocenters. The number of alkyl halides is 2. The van der Waals surface area contributed by atoms with E-state index in [1.54, 1.807) is 31.0 Å². The Hall–Kier alpha value is -2.68. The summed E-state index contributed by atoms with van der Waals surface area (Å²) in [6, 6.07) is -0.600. The number of amides is 1. The van der Waals surface area contributed by atoms with Gasteiger partial charge in [-0.25, -0.2) is 9.38 Å². The highest BCUT2D eigenvalue weighted by molar-refractivity contribution is 6.32. The first kappa shape index (κ1) is 31.4. The molecule has 36 heavy (non-hydrogen) atoms. The first-order valence-corrected chi connectivity index (χ1v) is 12.4. The number of carbonyl (C=O) groups is 1. The van der Waals surface area contributed by atoms with E-state index in [0.29, 0.717) is 24.4 Å². The van der Waals surface area contributed by atoms with Crippen LogP contribution in [0.3, 0.4) is 0 Å². The molecule has 0 aromatic heterocycles. The first-order chi connectivity index (χ1) is 17.1. The molecule has 1 unspecified atom stereocenters. The SMILES string of the molecule is C=CNC(=NC(=C)/C(Cl)=C\[C@H](F)CC)N=C(C)N1C=C[C@H](C(=O)NC(CO)C(=C)C[C@@H](Cl)/C=C\C)C1. The van der Waals surface area contributed by atoms with Gasteiger partial charge >= 0.3 is 0 Å². The number of nitrogens with one attached hydrogen (secondary N) is 2. The molecule has 1 aliphatic rings. The highest BCUT2D eigenvalue weighted by Gasteiger charge is 2.27. The summed E-state index contributed by atoms with van der Waals surface area (Å²) in [7, 11) is 0. The number of halogens is 3. The van der Waals surface area contributed by atoms with Crippen molar-refractivity contribution in [1.82, 2.24) is 15.5 Å². The van der Waals surface area contributed by atoms with E-state index in [-0.39, 0.29) is 41.0 Å². The van der Waals surface area contributed by atoms with Crippen LogP contribution in [0.15, 0.2) is 82.7 Å². The van der Waals surface area contributed by atoms with Crippen molar-refractivity contribution in [3.63, 3.8) is 0 Å². The standard InChI is InChI=1S/C26H36Cl2FN5O2/c1-7-10-21(27)13-17(4)24(16-35)33-25(36)20-11-12-34(15-20)19(6)32-26(30-9-3)31-18(5)23(28)14-22(29)8-2/h7,9-12,14,20-22,24,35H,3-5,8,13,15-16H2,1-2,6H3,(H,30,31)(H,33,36)/b10-7-,23-14+,32-19?/t20-,21-,22+,24?/m0/s1. The molecule has 0 spiro atoms. The third-order valence-electron chi connectivity index (χ3n) is 5.23. The summed E-state index contributed by atoms with van der Waals surface area (Å²) in [6.45, 7) is 16.7. The van der Waals surface area contributed by atoms with Crippen molar-refractivity contribution in [2.75, 3.05) is 13.2 Å². The molecular weight excluding hydrogens is 504 g/mol. The van der Waals surface area contributed by atoms with Crippen LogP contribution < -0.4 is 10.6 Å². The zero-order valence-electron chi connectivity index (χ0n) is 21.1. The maximum absolute atomic E-state index is 13.6. The smallest absolute Gasteiger partial charge is 0.229 e. The van der Waals surface area contributed by atoms with E-state index < -0.39 is 18.1 Å². The Balaban J connectivity index is 2.86. The van der Waals surface area contributed by atoms with Gasteiger partial charge < -0.3 is 20.6 Å². The van der Waals surface area contributed by atoms with Crippen LogP contribution in [-0.2, 0) is 4.79 Å². The largest absolute Gasteiger partial charge is 0.394 e. The molecule has 0 aromatic rings. The molecule has 1 rings (SSSR count). The summed E-state index contributed by atoms with van der Waals surface area (Å²) < 4.78 is 13.6. The van der Waals surface area contributed by atoms with Gasteiger partial charge in [-0.15, -0.1) is 11.6 Å². The average molecular weight is 541 g/mol. The van der Waals surface area contributed by atoms with Gasteiger partial charge in [0, 0.05) is 12.7 Å². The molecule has 0 saturated heterocycles. The second-order valence-electron chi connectivity index (χ2n) is 8.08. The van der Waals surface area contributed by atoms with Gasteiger partial charge in [0.15, 0.2) is 0 Å². The van der Waals surface area contributed by atoms with Crippen molar-refractivity contribution in [1.29, 1.82) is 0 Å². The van der Waals surface area contributed by atoms with Crippen molar-refractivity contribution in [2.24, 2.45) is 15.9 Å². The molecule has 1 heterocycles. The van der Waals surface area contributed by atoms with Crippen LogP contribution in [-0.4, -0.2) is 58.5 Å². The van der Waals surface area contributed by atoms with E-state index in [0.717, 1.165) is 0 Å². The van der Waals surface area contributed by atoms with Crippen LogP contribution >= 0.6 is 23.2 Å². The van der Waals surface area contributed by atoms with Crippen molar-refractivity contribution >= 4 is 40.9 Å². The van der Waals surface area contributed by atoms with Crippen LogP contribution in [0.2, 0.25) is 0 Å². The Morgan fingerprint density at radius 1 is 1.39 bits per heavy atom. The molecule has 0 aromatic carbocycles. The van der Waals surface area contributed by atoms with Gasteiger partial charge in [-0.2, -0.15) is 4.99 Å². The van der Waals surface area contributed by atoms with Crippen molar-refractivity contribution in [3.8, 4) is 0 Å². The fourth-order valence-corrected chi connectivity index (χ4v) is 3.65. The number of amidine groups is 1. The van der Waals surface area contributed by atoms with Crippen molar-refractivity contribution < 1.29 is 14.3 Å². The summed E-state index contributed by atoms with van der Waals surface area (Å²) >= 11 is 12.3. The number of aliphatic imine (C=N–C) groups is 2. The third-order valence-corrected chi connectivity index (χ3v) is 5.87. The predicted molar refractivity (Wildman–Crippen MR) is 149 cm³/mol. The number of allylic oxidation sites excluding steroid dienone is 4. The molecule has 0 radical (unpaired) electrons. The highest BCUT2D eigenvalue weighted by Crippen LogP contribution is 2.19. The molecule has 0 bridgehead atoms. The minimum absolute atomic E-state index is 0.0876. The molecule has 7 nitrogen and oxygen atoms in total. The summed E-state index contributed by atoms with van der Waals surface area (Å²) in [5.74, 6) is -0.0198. The van der Waals surface area contributed by atoms with E-state index >= 15 is 0 Å². The number of hydrogen-bond acceptors (Lipinski definition) is 3. The number of carbonyl (C=O) groups excluding carboxylic acids is 1. The lowest BCUT2D eigenvalue weighted by molar-refractivity contribution is -0.124. The van der Waals surface area contributed by atoms with Gasteiger partial charge in [0.1, 0.15) is 12.0 Å². The Bertz CT molecular complexity index is 958. The maximum atomic E-state index is 13.6. The number of nitrogens with zero attached hydrogens (tertiary/aromatic N) is 3. The quantitative estimate of drug-likeness (QED) is 0.108. The van der Waals surface area contributed by atoms with Gasteiger partial charge in [-0.1, -0.05) is 62.1 Å². The molecule has 0 fully saturated rings. The van der Waals surface area contributed by atoms with E-state index in [1.165, 1.54) is 12.3 Å². The maximum Gasteiger partial charge on any atom is 0.229 e. The van der Waals surface area contributed by atoms with Gasteiger partial charge in [0.2, 0.25) is 11.9 Å². The van der Waals surface area contributed by atoms with Crippen molar-refractivity contribution in [2.45, 2.75) is 51.2 Å². The molecule has 0 aliphatic carbocycles. The number of aliphatic hydroxyl groups excluding tert-OH is 1. The van der Waals surface area contributed by atoms with Gasteiger partial charge in [0.05, 0.1) is 34.7 Å². The van der Waals surface area contributed by atoms with Gasteiger partial charge in [-0.3, -0.25) is 4.79 Å². The second kappa shape index (κ2) is 16.1. The zero-order valence-corrected chi connectivity index (χ0v) is 22.6. The molecule has 1 aliphatic heterocycles. The average Bonchev–Trinajstić information content (AvgIpc) is 3.33. The fourth-order valence-electron chi connectivity index (χ4n) is 3.13. The summed E-state index contributed by atoms with van der Waals surface area (Å²) in [4.78, 5) is 23.3. The van der Waals surface area contributed by atoms with Gasteiger partial charge in [-0.05, 0) is 39.0 Å². The summed E-state index contributed by atoms with van der Waals surface area (Å²) in [5.41, 5.74) is 0.787. The lowest BCUT2D eigenvalue weighted by Gasteiger charge is -2.22. The number of rotatable bonds is 12. The third kappa shape index (κ3) is 10.5. The molecule has 1 amide bonds. The first-order valence-electron chi connectivity index (χ1n) is 11.6. The van der Waals surface area contributed by atoms with E-state index in [2.05, 4.69) is 40.4 Å². The predicted octanol–water partition coefficient (Wildman–Crippen LogP) is 4.93. The minimum atomic E-state index is -1.20. The topological polar surface area (TPSA) is 89.3 Å². The fraction of sp³-hybridized carbons (Fsp3) is 0.423. The zero-order chi connectivity index (χ0) is 27.3. The molecule has 0 saturated carbocycles. The number of hydrogen-bond donors (Lipinski definition) is 3. The summed E-state index contributed by atoms with van der Waals surface area (Å²) in [6.07, 6.45) is 9.31.